The molecule has 0 aliphatic rings. The summed E-state index contributed by atoms with van der Waals surface area (Å²) in [5, 5.41) is 31.0. The molecule has 144 valence electrons. The van der Waals surface area contributed by atoms with Crippen LogP contribution in [0.3, 0.4) is 0 Å². The molecule has 0 atom stereocenters. The Kier molecular flexibility index (Phi) is 5.33. The van der Waals surface area contributed by atoms with E-state index in [2.05, 4.69) is 31.7 Å². The Balaban J connectivity index is 1.48. The molecule has 0 spiro atoms. The minimum atomic E-state index is 0.455. The highest BCUT2D eigenvalue weighted by Gasteiger charge is 2.13. The van der Waals surface area contributed by atoms with Crippen molar-refractivity contribution in [2.24, 2.45) is 12.8 Å². The zero-order chi connectivity index (χ0) is 20.2. The maximum absolute atomic E-state index is 9.08. The number of aromatic nitrogens is 7. The van der Waals surface area contributed by atoms with Crippen molar-refractivity contribution in [1.29, 1.82) is 5.26 Å². The normalized spacial score (nSPS) is 10.8. The third-order valence-electron chi connectivity index (χ3n) is 4.25. The molecule has 0 radical (unpaired) electrons. The molecular formula is C19H17N9S. The van der Waals surface area contributed by atoms with Gasteiger partial charge in [-0.15, -0.1) is 25.2 Å². The quantitative estimate of drug-likeness (QED) is 0.485. The Morgan fingerprint density at radius 2 is 1.97 bits per heavy atom. The SMILES string of the molecule is Cn1c(SCc2nnn(-c3cccc(CN)c3)n2)nnc1-c1cccc(C#N)c1. The first-order valence-electron chi connectivity index (χ1n) is 8.79. The van der Waals surface area contributed by atoms with Crippen molar-refractivity contribution in [1.82, 2.24) is 35.0 Å². The number of nitrogens with two attached hydrogens (primary N) is 1. The van der Waals surface area contributed by atoms with Gasteiger partial charge in [-0.05, 0) is 35.0 Å². The smallest absolute Gasteiger partial charge is 0.191 e. The van der Waals surface area contributed by atoms with E-state index in [4.69, 9.17) is 11.0 Å². The summed E-state index contributed by atoms with van der Waals surface area (Å²) in [6.45, 7) is 0.455. The Bertz CT molecular complexity index is 1190. The molecule has 2 N–H and O–H groups in total. The first-order chi connectivity index (χ1) is 14.2. The fourth-order valence-electron chi connectivity index (χ4n) is 2.77. The van der Waals surface area contributed by atoms with Crippen molar-refractivity contribution < 1.29 is 0 Å². The molecule has 0 saturated heterocycles. The highest BCUT2D eigenvalue weighted by molar-refractivity contribution is 7.98. The van der Waals surface area contributed by atoms with Gasteiger partial charge in [-0.1, -0.05) is 36.0 Å². The van der Waals surface area contributed by atoms with Gasteiger partial charge in [0, 0.05) is 19.2 Å². The number of thioether (sulfide) groups is 1. The molecule has 0 aliphatic heterocycles. The molecule has 4 rings (SSSR count). The minimum Gasteiger partial charge on any atom is -0.326 e. The molecule has 0 unspecified atom stereocenters. The van der Waals surface area contributed by atoms with Gasteiger partial charge in [0.15, 0.2) is 16.8 Å². The van der Waals surface area contributed by atoms with Gasteiger partial charge in [-0.2, -0.15) is 5.26 Å². The summed E-state index contributed by atoms with van der Waals surface area (Å²) in [5.74, 6) is 1.78. The van der Waals surface area contributed by atoms with E-state index in [1.165, 1.54) is 16.6 Å². The average molecular weight is 403 g/mol. The first kappa shape index (κ1) is 18.8. The Labute approximate surface area is 171 Å². The van der Waals surface area contributed by atoms with Crippen LogP contribution in [0, 0.1) is 11.3 Å². The second-order valence-electron chi connectivity index (χ2n) is 6.22. The van der Waals surface area contributed by atoms with Crippen LogP contribution in [-0.4, -0.2) is 35.0 Å². The van der Waals surface area contributed by atoms with Crippen LogP contribution in [0.15, 0.2) is 53.7 Å². The fourth-order valence-corrected chi connectivity index (χ4v) is 3.52. The molecule has 2 aromatic carbocycles. The number of nitriles is 1. The third kappa shape index (κ3) is 4.01. The minimum absolute atomic E-state index is 0.455. The lowest BCUT2D eigenvalue weighted by atomic mass is 10.1. The van der Waals surface area contributed by atoms with E-state index >= 15 is 0 Å². The Hall–Kier alpha value is -3.55. The molecule has 0 amide bonds. The third-order valence-corrected chi connectivity index (χ3v) is 5.26. The average Bonchev–Trinajstić information content (AvgIpc) is 3.39. The zero-order valence-corrected chi connectivity index (χ0v) is 16.4. The monoisotopic (exact) mass is 403 g/mol. The van der Waals surface area contributed by atoms with E-state index < -0.39 is 0 Å². The number of nitrogens with zero attached hydrogens (tertiary/aromatic N) is 8. The number of tetrazole rings is 1. The van der Waals surface area contributed by atoms with Crippen LogP contribution in [0.2, 0.25) is 0 Å². The molecule has 0 fully saturated rings. The van der Waals surface area contributed by atoms with Gasteiger partial charge in [-0.3, -0.25) is 0 Å². The zero-order valence-electron chi connectivity index (χ0n) is 15.6. The van der Waals surface area contributed by atoms with Gasteiger partial charge in [0.1, 0.15) is 0 Å². The van der Waals surface area contributed by atoms with Crippen molar-refractivity contribution in [3.63, 3.8) is 0 Å². The predicted octanol–water partition coefficient (Wildman–Crippen LogP) is 2.08. The molecule has 9 nitrogen and oxygen atoms in total. The molecule has 29 heavy (non-hydrogen) atoms. The van der Waals surface area contributed by atoms with Gasteiger partial charge in [-0.25, -0.2) is 0 Å². The summed E-state index contributed by atoms with van der Waals surface area (Å²) in [6, 6.07) is 17.1. The molecule has 0 bridgehead atoms. The topological polar surface area (TPSA) is 124 Å². The van der Waals surface area contributed by atoms with Crippen LogP contribution in [-0.2, 0) is 19.3 Å². The number of hydrogen-bond donors (Lipinski definition) is 1. The second-order valence-corrected chi connectivity index (χ2v) is 7.16. The molecule has 2 aromatic heterocycles. The van der Waals surface area contributed by atoms with Crippen LogP contribution < -0.4 is 5.73 Å². The standard InChI is InChI=1S/C19H17N9S/c1-27-18(15-6-2-4-13(8-15)10-20)23-24-19(27)29-12-17-22-26-28(25-17)16-7-3-5-14(9-16)11-21/h2-9H,11-12,21H2,1H3. The lowest BCUT2D eigenvalue weighted by Gasteiger charge is -2.03. The Morgan fingerprint density at radius 1 is 1.10 bits per heavy atom. The predicted molar refractivity (Wildman–Crippen MR) is 108 cm³/mol. The van der Waals surface area contributed by atoms with Gasteiger partial charge in [0.2, 0.25) is 0 Å². The largest absolute Gasteiger partial charge is 0.326 e. The van der Waals surface area contributed by atoms with Crippen LogP contribution in [0.5, 0.6) is 0 Å². The first-order valence-corrected chi connectivity index (χ1v) is 9.77. The highest BCUT2D eigenvalue weighted by atomic mass is 32.2. The van der Waals surface area contributed by atoms with Crippen molar-refractivity contribution in [2.45, 2.75) is 17.5 Å². The van der Waals surface area contributed by atoms with E-state index in [0.29, 0.717) is 29.5 Å². The number of hydrogen-bond acceptors (Lipinski definition) is 8. The van der Waals surface area contributed by atoms with E-state index in [0.717, 1.165) is 22.0 Å². The molecule has 0 saturated carbocycles. The summed E-state index contributed by atoms with van der Waals surface area (Å²) in [7, 11) is 1.89. The number of benzene rings is 2. The van der Waals surface area contributed by atoms with Gasteiger partial charge in [0.05, 0.1) is 23.1 Å². The summed E-state index contributed by atoms with van der Waals surface area (Å²) in [6.07, 6.45) is 0. The summed E-state index contributed by atoms with van der Waals surface area (Å²) >= 11 is 1.47. The summed E-state index contributed by atoms with van der Waals surface area (Å²) < 4.78 is 1.89. The van der Waals surface area contributed by atoms with E-state index in [9.17, 15) is 0 Å². The summed E-state index contributed by atoms with van der Waals surface area (Å²) in [4.78, 5) is 1.49. The van der Waals surface area contributed by atoms with Crippen LogP contribution in [0.1, 0.15) is 17.0 Å². The maximum atomic E-state index is 9.08. The second kappa shape index (κ2) is 8.22. The number of rotatable bonds is 6. The Morgan fingerprint density at radius 3 is 2.79 bits per heavy atom. The van der Waals surface area contributed by atoms with Crippen LogP contribution in [0.25, 0.3) is 17.1 Å². The van der Waals surface area contributed by atoms with Gasteiger partial charge < -0.3 is 10.3 Å². The van der Waals surface area contributed by atoms with E-state index in [-0.39, 0.29) is 0 Å². The van der Waals surface area contributed by atoms with Crippen molar-refractivity contribution >= 4 is 11.8 Å². The summed E-state index contributed by atoms with van der Waals surface area (Å²) in [5.41, 5.74) is 8.93. The lowest BCUT2D eigenvalue weighted by Crippen LogP contribution is -2.02. The van der Waals surface area contributed by atoms with Crippen LogP contribution >= 0.6 is 11.8 Å². The molecule has 4 aromatic rings. The van der Waals surface area contributed by atoms with Crippen LogP contribution in [0.4, 0.5) is 0 Å². The van der Waals surface area contributed by atoms with Crippen molar-refractivity contribution in [3.8, 4) is 23.1 Å². The highest BCUT2D eigenvalue weighted by Crippen LogP contribution is 2.24. The van der Waals surface area contributed by atoms with E-state index in [1.807, 2.05) is 48.0 Å². The van der Waals surface area contributed by atoms with Gasteiger partial charge in [0.25, 0.3) is 0 Å². The fraction of sp³-hybridized carbons (Fsp3) is 0.158. The molecule has 0 aliphatic carbocycles. The lowest BCUT2D eigenvalue weighted by molar-refractivity contribution is 0.717. The molecule has 10 heteroatoms. The molecule has 2 heterocycles. The molecular weight excluding hydrogens is 386 g/mol. The van der Waals surface area contributed by atoms with Crippen molar-refractivity contribution in [2.75, 3.05) is 0 Å². The van der Waals surface area contributed by atoms with E-state index in [1.54, 1.807) is 12.1 Å². The maximum Gasteiger partial charge on any atom is 0.191 e. The van der Waals surface area contributed by atoms with Gasteiger partial charge >= 0.3 is 0 Å². The van der Waals surface area contributed by atoms with Crippen molar-refractivity contribution in [3.05, 3.63) is 65.5 Å².